The van der Waals surface area contributed by atoms with Crippen LogP contribution in [-0.4, -0.2) is 18.9 Å². The van der Waals surface area contributed by atoms with Crippen LogP contribution < -0.4 is 5.32 Å². The molecule has 1 aliphatic heterocycles. The zero-order chi connectivity index (χ0) is 16.4. The predicted molar refractivity (Wildman–Crippen MR) is 104 cm³/mol. The molecule has 0 aromatic rings. The van der Waals surface area contributed by atoms with Gasteiger partial charge in [0.25, 0.3) is 0 Å². The van der Waals surface area contributed by atoms with Gasteiger partial charge in [-0.2, -0.15) is 0 Å². The fraction of sp³-hybridized carbons (Fsp3) is 0.952. The molecule has 2 nitrogen and oxygen atoms in total. The van der Waals surface area contributed by atoms with E-state index in [0.717, 1.165) is 13.1 Å². The summed E-state index contributed by atoms with van der Waals surface area (Å²) in [6, 6.07) is 0. The van der Waals surface area contributed by atoms with Crippen LogP contribution >= 0.6 is 0 Å². The third-order valence-electron chi connectivity index (χ3n) is 5.01. The lowest BCUT2D eigenvalue weighted by atomic mass is 10.0. The Balaban J connectivity index is 1.65. The van der Waals surface area contributed by atoms with Crippen molar-refractivity contribution >= 4 is 5.84 Å². The Bertz CT molecular complexity index is 273. The van der Waals surface area contributed by atoms with Crippen molar-refractivity contribution < 1.29 is 0 Å². The van der Waals surface area contributed by atoms with Gasteiger partial charge in [0.1, 0.15) is 0 Å². The van der Waals surface area contributed by atoms with Crippen LogP contribution in [0.3, 0.4) is 0 Å². The molecule has 0 saturated heterocycles. The van der Waals surface area contributed by atoms with Crippen molar-refractivity contribution in [2.75, 3.05) is 13.1 Å². The van der Waals surface area contributed by atoms with Crippen LogP contribution in [0.2, 0.25) is 0 Å². The van der Waals surface area contributed by atoms with Gasteiger partial charge in [0.05, 0.1) is 12.4 Å². The molecular formula is C21H42N2. The lowest BCUT2D eigenvalue weighted by Gasteiger charge is -2.04. The second-order valence-corrected chi connectivity index (χ2v) is 7.31. The highest BCUT2D eigenvalue weighted by Gasteiger charge is 2.03. The molecule has 0 aromatic heterocycles. The van der Waals surface area contributed by atoms with Gasteiger partial charge < -0.3 is 5.32 Å². The van der Waals surface area contributed by atoms with E-state index in [1.807, 2.05) is 0 Å². The first-order chi connectivity index (χ1) is 11.4. The van der Waals surface area contributed by atoms with Gasteiger partial charge in [-0.05, 0) is 6.42 Å². The maximum atomic E-state index is 4.45. The Morgan fingerprint density at radius 1 is 0.652 bits per heavy atom. The Kier molecular flexibility index (Phi) is 14.6. The third-order valence-corrected chi connectivity index (χ3v) is 5.01. The van der Waals surface area contributed by atoms with E-state index in [-0.39, 0.29) is 0 Å². The van der Waals surface area contributed by atoms with Gasteiger partial charge in [-0.25, -0.2) is 0 Å². The number of nitrogens with one attached hydrogen (secondary N) is 1. The Hall–Kier alpha value is -0.530. The van der Waals surface area contributed by atoms with E-state index in [2.05, 4.69) is 17.2 Å². The van der Waals surface area contributed by atoms with Crippen LogP contribution in [0.25, 0.3) is 0 Å². The zero-order valence-electron chi connectivity index (χ0n) is 15.9. The monoisotopic (exact) mass is 322 g/mol. The zero-order valence-corrected chi connectivity index (χ0v) is 15.9. The van der Waals surface area contributed by atoms with Gasteiger partial charge in [0.15, 0.2) is 0 Å². The summed E-state index contributed by atoms with van der Waals surface area (Å²) in [5.41, 5.74) is 0. The van der Waals surface area contributed by atoms with Crippen molar-refractivity contribution in [3.8, 4) is 0 Å². The maximum Gasteiger partial charge on any atom is 0.0964 e. The molecule has 1 rings (SSSR count). The molecule has 0 bridgehead atoms. The van der Waals surface area contributed by atoms with E-state index in [1.54, 1.807) is 0 Å². The van der Waals surface area contributed by atoms with Gasteiger partial charge in [-0.1, -0.05) is 103 Å². The van der Waals surface area contributed by atoms with Crippen molar-refractivity contribution in [3.05, 3.63) is 0 Å². The highest BCUT2D eigenvalue weighted by atomic mass is 15.1. The maximum absolute atomic E-state index is 4.45. The fourth-order valence-corrected chi connectivity index (χ4v) is 3.45. The topological polar surface area (TPSA) is 24.4 Å². The van der Waals surface area contributed by atoms with Crippen molar-refractivity contribution in [2.45, 2.75) is 116 Å². The van der Waals surface area contributed by atoms with Crippen LogP contribution in [0.4, 0.5) is 0 Å². The van der Waals surface area contributed by atoms with E-state index < -0.39 is 0 Å². The minimum atomic E-state index is 0.994. The Morgan fingerprint density at radius 2 is 1.09 bits per heavy atom. The molecule has 1 heterocycles. The number of unbranched alkanes of at least 4 members (excludes halogenated alkanes) is 15. The van der Waals surface area contributed by atoms with Gasteiger partial charge in [0, 0.05) is 13.0 Å². The van der Waals surface area contributed by atoms with E-state index in [4.69, 9.17) is 0 Å². The van der Waals surface area contributed by atoms with Crippen LogP contribution in [0.1, 0.15) is 116 Å². The number of aliphatic imine (C=N–C) groups is 1. The molecular weight excluding hydrogens is 280 g/mol. The number of nitrogens with zero attached hydrogens (tertiary/aromatic N) is 1. The molecule has 1 aliphatic rings. The smallest absolute Gasteiger partial charge is 0.0964 e. The Labute approximate surface area is 145 Å². The lowest BCUT2D eigenvalue weighted by molar-refractivity contribution is 0.530. The average Bonchev–Trinajstić information content (AvgIpc) is 3.08. The first-order valence-electron chi connectivity index (χ1n) is 10.7. The summed E-state index contributed by atoms with van der Waals surface area (Å²) in [7, 11) is 0. The molecule has 23 heavy (non-hydrogen) atoms. The normalized spacial score (nSPS) is 14.0. The van der Waals surface area contributed by atoms with Crippen LogP contribution in [-0.2, 0) is 0 Å². The van der Waals surface area contributed by atoms with Crippen LogP contribution in [0, 0.1) is 0 Å². The molecule has 0 amide bonds. The Morgan fingerprint density at radius 3 is 1.48 bits per heavy atom. The molecule has 0 atom stereocenters. The summed E-state index contributed by atoms with van der Waals surface area (Å²) in [4.78, 5) is 4.45. The molecule has 1 N–H and O–H groups in total. The first kappa shape index (κ1) is 20.5. The van der Waals surface area contributed by atoms with Crippen molar-refractivity contribution in [1.82, 2.24) is 5.32 Å². The first-order valence-corrected chi connectivity index (χ1v) is 10.7. The van der Waals surface area contributed by atoms with Crippen molar-refractivity contribution in [2.24, 2.45) is 4.99 Å². The van der Waals surface area contributed by atoms with E-state index >= 15 is 0 Å². The summed E-state index contributed by atoms with van der Waals surface area (Å²) >= 11 is 0. The second kappa shape index (κ2) is 16.3. The minimum absolute atomic E-state index is 0.994. The summed E-state index contributed by atoms with van der Waals surface area (Å²) < 4.78 is 0. The standard InChI is InChI=1S/C21H42N2/c1-2-3-4-5-6-7-8-9-10-11-12-13-14-15-16-17-18-21-22-19-20-23-21/h2-20H2,1H3,(H,22,23). The molecule has 0 saturated carbocycles. The number of rotatable bonds is 17. The van der Waals surface area contributed by atoms with Crippen molar-refractivity contribution in [1.29, 1.82) is 0 Å². The third kappa shape index (κ3) is 13.6. The summed E-state index contributed by atoms with van der Waals surface area (Å²) in [5.74, 6) is 1.26. The fourth-order valence-electron chi connectivity index (χ4n) is 3.45. The molecule has 0 unspecified atom stereocenters. The molecule has 2 heteroatoms. The molecule has 0 aliphatic carbocycles. The van der Waals surface area contributed by atoms with E-state index in [9.17, 15) is 0 Å². The predicted octanol–water partition coefficient (Wildman–Crippen LogP) is 6.64. The van der Waals surface area contributed by atoms with Gasteiger partial charge in [-0.3, -0.25) is 4.99 Å². The lowest BCUT2D eigenvalue weighted by Crippen LogP contribution is -2.17. The summed E-state index contributed by atoms with van der Waals surface area (Å²) in [6.45, 7) is 4.35. The van der Waals surface area contributed by atoms with Gasteiger partial charge >= 0.3 is 0 Å². The number of hydrogen-bond acceptors (Lipinski definition) is 2. The quantitative estimate of drug-likeness (QED) is 0.298. The SMILES string of the molecule is CCCCCCCCCCCCCCCCCCC1=NCCN1. The van der Waals surface area contributed by atoms with Crippen molar-refractivity contribution in [3.63, 3.8) is 0 Å². The summed E-state index contributed by atoms with van der Waals surface area (Å²) in [5, 5.41) is 3.36. The number of amidine groups is 1. The molecule has 0 spiro atoms. The summed E-state index contributed by atoms with van der Waals surface area (Å²) in [6.07, 6.45) is 24.2. The largest absolute Gasteiger partial charge is 0.372 e. The highest BCUT2D eigenvalue weighted by Crippen LogP contribution is 2.14. The van der Waals surface area contributed by atoms with Crippen LogP contribution in [0.5, 0.6) is 0 Å². The molecule has 0 aromatic carbocycles. The minimum Gasteiger partial charge on any atom is -0.372 e. The average molecular weight is 323 g/mol. The van der Waals surface area contributed by atoms with Gasteiger partial charge in [-0.15, -0.1) is 0 Å². The number of hydrogen-bond donors (Lipinski definition) is 1. The van der Waals surface area contributed by atoms with Crippen LogP contribution in [0.15, 0.2) is 4.99 Å². The van der Waals surface area contributed by atoms with E-state index in [1.165, 1.54) is 115 Å². The van der Waals surface area contributed by atoms with E-state index in [0.29, 0.717) is 0 Å². The molecule has 0 fully saturated rings. The van der Waals surface area contributed by atoms with Gasteiger partial charge in [0.2, 0.25) is 0 Å². The molecule has 136 valence electrons. The molecule has 0 radical (unpaired) electrons. The highest BCUT2D eigenvalue weighted by molar-refractivity contribution is 5.83. The second-order valence-electron chi connectivity index (χ2n) is 7.31.